The second-order valence-electron chi connectivity index (χ2n) is 5.61. The van der Waals surface area contributed by atoms with Crippen LogP contribution in [0.1, 0.15) is 5.69 Å². The summed E-state index contributed by atoms with van der Waals surface area (Å²) >= 11 is 1.35. The van der Waals surface area contributed by atoms with Crippen LogP contribution in [-0.4, -0.2) is 19.5 Å². The van der Waals surface area contributed by atoms with Crippen LogP contribution in [0.15, 0.2) is 53.9 Å². The molecule has 0 N–H and O–H groups in total. The maximum absolute atomic E-state index is 13.6. The van der Waals surface area contributed by atoms with E-state index >= 15 is 0 Å². The number of nitro groups is 1. The van der Waals surface area contributed by atoms with Crippen LogP contribution < -0.4 is 0 Å². The van der Waals surface area contributed by atoms with Crippen LogP contribution in [0.4, 0.5) is 18.9 Å². The Labute approximate surface area is 153 Å². The molecule has 0 aliphatic carbocycles. The van der Waals surface area contributed by atoms with E-state index in [2.05, 4.69) is 10.1 Å². The molecule has 6 nitrogen and oxygen atoms in total. The third-order valence-electron chi connectivity index (χ3n) is 3.84. The van der Waals surface area contributed by atoms with Crippen molar-refractivity contribution < 1.29 is 18.1 Å². The van der Waals surface area contributed by atoms with E-state index in [0.29, 0.717) is 10.6 Å². The minimum Gasteiger partial charge on any atom is -0.258 e. The van der Waals surface area contributed by atoms with E-state index in [9.17, 15) is 23.3 Å². The largest absolute Gasteiger partial charge is 0.433 e. The van der Waals surface area contributed by atoms with Gasteiger partial charge in [0.1, 0.15) is 5.69 Å². The zero-order valence-electron chi connectivity index (χ0n) is 13.3. The van der Waals surface area contributed by atoms with Crippen molar-refractivity contribution in [2.75, 3.05) is 0 Å². The molecule has 4 rings (SSSR count). The van der Waals surface area contributed by atoms with Crippen molar-refractivity contribution in [2.24, 2.45) is 0 Å². The Morgan fingerprint density at radius 2 is 1.89 bits per heavy atom. The van der Waals surface area contributed by atoms with Crippen LogP contribution in [0.5, 0.6) is 0 Å². The van der Waals surface area contributed by atoms with Crippen LogP contribution in [0.3, 0.4) is 0 Å². The van der Waals surface area contributed by atoms with Crippen molar-refractivity contribution in [3.8, 4) is 21.8 Å². The highest BCUT2D eigenvalue weighted by atomic mass is 32.1. The second-order valence-corrected chi connectivity index (χ2v) is 6.56. The van der Waals surface area contributed by atoms with E-state index in [1.807, 2.05) is 0 Å². The molecule has 0 aliphatic rings. The Kier molecular flexibility index (Phi) is 3.92. The summed E-state index contributed by atoms with van der Waals surface area (Å²) in [6, 6.07) is 11.2. The fourth-order valence-corrected chi connectivity index (χ4v) is 3.33. The van der Waals surface area contributed by atoms with E-state index in [4.69, 9.17) is 0 Å². The number of nitrogens with zero attached hydrogens (tertiary/aromatic N) is 4. The molecule has 0 amide bonds. The summed E-state index contributed by atoms with van der Waals surface area (Å²) in [5.41, 5.74) is -0.645. The van der Waals surface area contributed by atoms with Gasteiger partial charge in [-0.3, -0.25) is 10.1 Å². The Morgan fingerprint density at radius 1 is 1.07 bits per heavy atom. The highest BCUT2D eigenvalue weighted by Crippen LogP contribution is 2.34. The van der Waals surface area contributed by atoms with Crippen LogP contribution in [-0.2, 0) is 6.18 Å². The van der Waals surface area contributed by atoms with Crippen molar-refractivity contribution in [3.63, 3.8) is 0 Å². The third-order valence-corrected chi connectivity index (χ3v) is 4.74. The lowest BCUT2D eigenvalue weighted by atomic mass is 10.1. The molecule has 10 heteroatoms. The van der Waals surface area contributed by atoms with Gasteiger partial charge in [-0.25, -0.2) is 9.50 Å². The molecule has 136 valence electrons. The van der Waals surface area contributed by atoms with Crippen molar-refractivity contribution in [2.45, 2.75) is 6.18 Å². The van der Waals surface area contributed by atoms with E-state index in [1.54, 1.807) is 17.5 Å². The number of benzene rings is 1. The van der Waals surface area contributed by atoms with Gasteiger partial charge in [-0.05, 0) is 17.5 Å². The first-order chi connectivity index (χ1) is 12.8. The molecule has 0 fully saturated rings. The zero-order valence-corrected chi connectivity index (χ0v) is 14.2. The summed E-state index contributed by atoms with van der Waals surface area (Å²) in [4.78, 5) is 15.3. The summed E-state index contributed by atoms with van der Waals surface area (Å²) < 4.78 is 41.5. The standard InChI is InChI=1S/C17H9F3N4O2S/c18-17(19,20)15-8-12(10-3-1-4-11(7-10)24(25)26)21-16-9-13(22-23(15)16)14-5-2-6-27-14/h1-9H. The van der Waals surface area contributed by atoms with Gasteiger partial charge in [-0.1, -0.05) is 18.2 Å². The van der Waals surface area contributed by atoms with Crippen LogP contribution in [0.2, 0.25) is 0 Å². The van der Waals surface area contributed by atoms with E-state index in [-0.39, 0.29) is 22.6 Å². The predicted octanol–water partition coefficient (Wildman–Crippen LogP) is 5.05. The van der Waals surface area contributed by atoms with Crippen LogP contribution in [0.25, 0.3) is 27.5 Å². The number of fused-ring (bicyclic) bond motifs is 1. The van der Waals surface area contributed by atoms with Crippen molar-refractivity contribution in [3.05, 3.63) is 69.7 Å². The lowest BCUT2D eigenvalue weighted by Crippen LogP contribution is -2.13. The van der Waals surface area contributed by atoms with Gasteiger partial charge in [0.05, 0.1) is 15.5 Å². The first kappa shape index (κ1) is 17.2. The lowest BCUT2D eigenvalue weighted by Gasteiger charge is -2.11. The second kappa shape index (κ2) is 6.16. The monoisotopic (exact) mass is 390 g/mol. The first-order valence-electron chi connectivity index (χ1n) is 7.59. The Balaban J connectivity index is 1.95. The molecular formula is C17H9F3N4O2S. The van der Waals surface area contributed by atoms with E-state index < -0.39 is 16.8 Å². The molecule has 27 heavy (non-hydrogen) atoms. The van der Waals surface area contributed by atoms with Crippen LogP contribution >= 0.6 is 11.3 Å². The normalized spacial score (nSPS) is 11.8. The number of non-ortho nitro benzene ring substituents is 1. The van der Waals surface area contributed by atoms with Gasteiger partial charge in [0.15, 0.2) is 11.3 Å². The molecule has 1 aromatic carbocycles. The van der Waals surface area contributed by atoms with Gasteiger partial charge >= 0.3 is 6.18 Å². The minimum absolute atomic E-state index is 0.00901. The predicted molar refractivity (Wildman–Crippen MR) is 93.4 cm³/mol. The summed E-state index contributed by atoms with van der Waals surface area (Å²) in [7, 11) is 0. The van der Waals surface area contributed by atoms with Gasteiger partial charge in [-0.2, -0.15) is 18.3 Å². The van der Waals surface area contributed by atoms with Gasteiger partial charge < -0.3 is 0 Å². The number of alkyl halides is 3. The maximum atomic E-state index is 13.6. The molecule has 0 saturated heterocycles. The highest BCUT2D eigenvalue weighted by Gasteiger charge is 2.35. The molecule has 0 bridgehead atoms. The third kappa shape index (κ3) is 3.14. The summed E-state index contributed by atoms with van der Waals surface area (Å²) in [5.74, 6) is 0. The van der Waals surface area contributed by atoms with Gasteiger partial charge in [0.2, 0.25) is 0 Å². The summed E-state index contributed by atoms with van der Waals surface area (Å²) in [6.07, 6.45) is -4.67. The minimum atomic E-state index is -4.67. The fourth-order valence-electron chi connectivity index (χ4n) is 2.65. The molecule has 0 aliphatic heterocycles. The number of halogens is 3. The van der Waals surface area contributed by atoms with Gasteiger partial charge in [-0.15, -0.1) is 11.3 Å². The number of aromatic nitrogens is 3. The molecule has 0 spiro atoms. The van der Waals surface area contributed by atoms with Crippen LogP contribution in [0, 0.1) is 10.1 Å². The molecule has 0 radical (unpaired) electrons. The van der Waals surface area contributed by atoms with E-state index in [0.717, 1.165) is 10.6 Å². The molecular weight excluding hydrogens is 381 g/mol. The number of nitro benzene ring substituents is 1. The number of rotatable bonds is 3. The smallest absolute Gasteiger partial charge is 0.258 e. The quantitative estimate of drug-likeness (QED) is 0.362. The number of hydrogen-bond donors (Lipinski definition) is 0. The zero-order chi connectivity index (χ0) is 19.2. The van der Waals surface area contributed by atoms with Crippen molar-refractivity contribution >= 4 is 22.7 Å². The average molecular weight is 390 g/mol. The Bertz CT molecular complexity index is 1150. The molecule has 3 aromatic heterocycles. The topological polar surface area (TPSA) is 73.3 Å². The first-order valence-corrected chi connectivity index (χ1v) is 8.47. The summed E-state index contributed by atoms with van der Waals surface area (Å²) in [5, 5.41) is 16.8. The van der Waals surface area contributed by atoms with Gasteiger partial charge in [0.25, 0.3) is 5.69 Å². The lowest BCUT2D eigenvalue weighted by molar-refractivity contribution is -0.384. The molecule has 0 unspecified atom stereocenters. The molecule has 4 aromatic rings. The fraction of sp³-hybridized carbons (Fsp3) is 0.0588. The molecule has 0 saturated carbocycles. The van der Waals surface area contributed by atoms with Crippen molar-refractivity contribution in [1.82, 2.24) is 14.6 Å². The Hall–Kier alpha value is -3.27. The van der Waals surface area contributed by atoms with Gasteiger partial charge in [0, 0.05) is 23.8 Å². The number of hydrogen-bond acceptors (Lipinski definition) is 5. The molecule has 0 atom stereocenters. The Morgan fingerprint density at radius 3 is 2.56 bits per heavy atom. The average Bonchev–Trinajstić information content (AvgIpc) is 3.29. The molecule has 3 heterocycles. The van der Waals surface area contributed by atoms with E-state index in [1.165, 1.54) is 41.7 Å². The highest BCUT2D eigenvalue weighted by molar-refractivity contribution is 7.13. The SMILES string of the molecule is O=[N+]([O-])c1cccc(-c2cc(C(F)(F)F)n3nc(-c4cccs4)cc3n2)c1. The maximum Gasteiger partial charge on any atom is 0.433 e. The van der Waals surface area contributed by atoms with Crippen molar-refractivity contribution in [1.29, 1.82) is 0 Å². The number of thiophene rings is 1. The summed E-state index contributed by atoms with van der Waals surface area (Å²) in [6.45, 7) is 0.